The van der Waals surface area contributed by atoms with Gasteiger partial charge in [0.1, 0.15) is 0 Å². The molecule has 0 bridgehead atoms. The molecule has 1 saturated heterocycles. The molecule has 2 heterocycles. The van der Waals surface area contributed by atoms with E-state index in [9.17, 15) is 0 Å². The largest absolute Gasteiger partial charge is 0.295 e. The number of hydrogen-bond acceptors (Lipinski definition) is 2. The van der Waals surface area contributed by atoms with Crippen LogP contribution in [0.4, 0.5) is 0 Å². The van der Waals surface area contributed by atoms with Crippen molar-refractivity contribution in [2.24, 2.45) is 5.92 Å². The lowest BCUT2D eigenvalue weighted by molar-refractivity contribution is 0.225. The number of nitrogens with zero attached hydrogens (tertiary/aromatic N) is 2. The smallest absolute Gasteiger partial charge is 0.0578 e. The van der Waals surface area contributed by atoms with Gasteiger partial charge in [-0.05, 0) is 49.9 Å². The van der Waals surface area contributed by atoms with Crippen LogP contribution in [0.3, 0.4) is 0 Å². The number of pyridine rings is 1. The highest BCUT2D eigenvalue weighted by molar-refractivity contribution is 5.18. The Morgan fingerprint density at radius 3 is 3.00 bits per heavy atom. The van der Waals surface area contributed by atoms with Crippen molar-refractivity contribution < 1.29 is 0 Å². The van der Waals surface area contributed by atoms with Gasteiger partial charge < -0.3 is 0 Å². The SMILES string of the molecule is Cc1ccnc(C2CCCN2CC(C)C)c1. The molecule has 0 amide bonds. The quantitative estimate of drug-likeness (QED) is 0.774. The molecule has 0 aromatic carbocycles. The van der Waals surface area contributed by atoms with Crippen molar-refractivity contribution in [2.45, 2.75) is 39.7 Å². The van der Waals surface area contributed by atoms with E-state index in [1.807, 2.05) is 6.20 Å². The van der Waals surface area contributed by atoms with Crippen LogP contribution in [0.5, 0.6) is 0 Å². The van der Waals surface area contributed by atoms with Gasteiger partial charge in [-0.1, -0.05) is 13.8 Å². The lowest BCUT2D eigenvalue weighted by Crippen LogP contribution is -2.27. The van der Waals surface area contributed by atoms with Crippen LogP contribution in [-0.2, 0) is 0 Å². The number of aromatic nitrogens is 1. The molecule has 1 aliphatic heterocycles. The molecule has 2 rings (SSSR count). The zero-order valence-electron chi connectivity index (χ0n) is 10.6. The van der Waals surface area contributed by atoms with Gasteiger partial charge in [0.05, 0.1) is 11.7 Å². The van der Waals surface area contributed by atoms with Crippen molar-refractivity contribution in [3.8, 4) is 0 Å². The molecule has 0 radical (unpaired) electrons. The fraction of sp³-hybridized carbons (Fsp3) is 0.643. The van der Waals surface area contributed by atoms with Gasteiger partial charge in [-0.3, -0.25) is 9.88 Å². The second-order valence-electron chi connectivity index (χ2n) is 5.30. The summed E-state index contributed by atoms with van der Waals surface area (Å²) in [6, 6.07) is 4.87. The monoisotopic (exact) mass is 218 g/mol. The normalized spacial score (nSPS) is 21.9. The Labute approximate surface area is 98.7 Å². The molecular formula is C14H22N2. The van der Waals surface area contributed by atoms with E-state index in [-0.39, 0.29) is 0 Å². The number of rotatable bonds is 3. The van der Waals surface area contributed by atoms with E-state index in [1.165, 1.54) is 37.2 Å². The average molecular weight is 218 g/mol. The zero-order chi connectivity index (χ0) is 11.5. The second-order valence-corrected chi connectivity index (χ2v) is 5.30. The maximum absolute atomic E-state index is 4.54. The molecular weight excluding hydrogens is 196 g/mol. The average Bonchev–Trinajstić information content (AvgIpc) is 2.65. The van der Waals surface area contributed by atoms with Crippen LogP contribution in [0.25, 0.3) is 0 Å². The van der Waals surface area contributed by atoms with E-state index in [0.29, 0.717) is 6.04 Å². The first-order chi connectivity index (χ1) is 7.66. The number of hydrogen-bond donors (Lipinski definition) is 0. The van der Waals surface area contributed by atoms with E-state index >= 15 is 0 Å². The van der Waals surface area contributed by atoms with Gasteiger partial charge in [0, 0.05) is 12.7 Å². The highest BCUT2D eigenvalue weighted by Gasteiger charge is 2.27. The molecule has 2 heteroatoms. The van der Waals surface area contributed by atoms with Gasteiger partial charge in [-0.25, -0.2) is 0 Å². The van der Waals surface area contributed by atoms with Crippen molar-refractivity contribution in [3.63, 3.8) is 0 Å². The van der Waals surface area contributed by atoms with Gasteiger partial charge >= 0.3 is 0 Å². The van der Waals surface area contributed by atoms with Crippen molar-refractivity contribution in [1.29, 1.82) is 0 Å². The Morgan fingerprint density at radius 1 is 1.50 bits per heavy atom. The van der Waals surface area contributed by atoms with Crippen molar-refractivity contribution in [3.05, 3.63) is 29.6 Å². The van der Waals surface area contributed by atoms with E-state index in [2.05, 4.69) is 42.8 Å². The minimum absolute atomic E-state index is 0.558. The summed E-state index contributed by atoms with van der Waals surface area (Å²) in [7, 11) is 0. The van der Waals surface area contributed by atoms with E-state index in [1.54, 1.807) is 0 Å². The van der Waals surface area contributed by atoms with Crippen LogP contribution < -0.4 is 0 Å². The molecule has 0 saturated carbocycles. The predicted octanol–water partition coefficient (Wildman–Crippen LogP) is 3.18. The fourth-order valence-electron chi connectivity index (χ4n) is 2.59. The fourth-order valence-corrected chi connectivity index (χ4v) is 2.59. The molecule has 1 aliphatic rings. The Kier molecular flexibility index (Phi) is 3.59. The predicted molar refractivity (Wildman–Crippen MR) is 67.4 cm³/mol. The van der Waals surface area contributed by atoms with Crippen LogP contribution in [0.2, 0.25) is 0 Å². The highest BCUT2D eigenvalue weighted by atomic mass is 15.2. The van der Waals surface area contributed by atoms with Gasteiger partial charge in [-0.15, -0.1) is 0 Å². The number of aryl methyl sites for hydroxylation is 1. The van der Waals surface area contributed by atoms with Crippen molar-refractivity contribution in [2.75, 3.05) is 13.1 Å². The molecule has 1 aromatic rings. The molecule has 16 heavy (non-hydrogen) atoms. The molecule has 0 aliphatic carbocycles. The zero-order valence-corrected chi connectivity index (χ0v) is 10.6. The minimum atomic E-state index is 0.558. The summed E-state index contributed by atoms with van der Waals surface area (Å²) < 4.78 is 0. The van der Waals surface area contributed by atoms with Gasteiger partial charge in [0.2, 0.25) is 0 Å². The summed E-state index contributed by atoms with van der Waals surface area (Å²) in [4.78, 5) is 7.13. The maximum Gasteiger partial charge on any atom is 0.0578 e. The maximum atomic E-state index is 4.54. The summed E-state index contributed by atoms with van der Waals surface area (Å²) in [6.07, 6.45) is 4.52. The van der Waals surface area contributed by atoms with Crippen LogP contribution in [-0.4, -0.2) is 23.0 Å². The topological polar surface area (TPSA) is 16.1 Å². The number of likely N-dealkylation sites (tertiary alicyclic amines) is 1. The Bertz CT molecular complexity index is 346. The third kappa shape index (κ3) is 2.62. The summed E-state index contributed by atoms with van der Waals surface area (Å²) in [5.41, 5.74) is 2.58. The van der Waals surface area contributed by atoms with Crippen LogP contribution in [0.15, 0.2) is 18.3 Å². The standard InChI is InChI=1S/C14H22N2/c1-11(2)10-16-8-4-5-14(16)13-9-12(3)6-7-15-13/h6-7,9,11,14H,4-5,8,10H2,1-3H3. The first-order valence-corrected chi connectivity index (χ1v) is 6.33. The van der Waals surface area contributed by atoms with Crippen LogP contribution in [0.1, 0.15) is 44.0 Å². The van der Waals surface area contributed by atoms with Gasteiger partial charge in [0.15, 0.2) is 0 Å². The van der Waals surface area contributed by atoms with Gasteiger partial charge in [0.25, 0.3) is 0 Å². The van der Waals surface area contributed by atoms with Crippen molar-refractivity contribution >= 4 is 0 Å². The second kappa shape index (κ2) is 4.96. The molecule has 1 aromatic heterocycles. The summed E-state index contributed by atoms with van der Waals surface area (Å²) in [6.45, 7) is 9.16. The Hall–Kier alpha value is -0.890. The van der Waals surface area contributed by atoms with E-state index < -0.39 is 0 Å². The first kappa shape index (κ1) is 11.6. The molecule has 88 valence electrons. The minimum Gasteiger partial charge on any atom is -0.295 e. The first-order valence-electron chi connectivity index (χ1n) is 6.33. The molecule has 1 fully saturated rings. The van der Waals surface area contributed by atoms with Gasteiger partial charge in [-0.2, -0.15) is 0 Å². The molecule has 1 atom stereocenters. The van der Waals surface area contributed by atoms with Crippen LogP contribution >= 0.6 is 0 Å². The van der Waals surface area contributed by atoms with Crippen LogP contribution in [0, 0.1) is 12.8 Å². The lowest BCUT2D eigenvalue weighted by atomic mass is 10.1. The van der Waals surface area contributed by atoms with Crippen molar-refractivity contribution in [1.82, 2.24) is 9.88 Å². The highest BCUT2D eigenvalue weighted by Crippen LogP contribution is 2.31. The third-order valence-electron chi connectivity index (χ3n) is 3.24. The van der Waals surface area contributed by atoms with E-state index in [0.717, 1.165) is 5.92 Å². The molecule has 0 spiro atoms. The third-order valence-corrected chi connectivity index (χ3v) is 3.24. The molecule has 1 unspecified atom stereocenters. The lowest BCUT2D eigenvalue weighted by Gasteiger charge is -2.25. The van der Waals surface area contributed by atoms with E-state index in [4.69, 9.17) is 0 Å². The summed E-state index contributed by atoms with van der Waals surface area (Å²) in [5.74, 6) is 0.741. The Morgan fingerprint density at radius 2 is 2.31 bits per heavy atom. The molecule has 2 nitrogen and oxygen atoms in total. The molecule has 0 N–H and O–H groups in total. The summed E-state index contributed by atoms with van der Waals surface area (Å²) >= 11 is 0. The Balaban J connectivity index is 2.13. The summed E-state index contributed by atoms with van der Waals surface area (Å²) in [5, 5.41) is 0.